The summed E-state index contributed by atoms with van der Waals surface area (Å²) in [6, 6.07) is 8.75. The summed E-state index contributed by atoms with van der Waals surface area (Å²) in [7, 11) is 0. The molecule has 1 unspecified atom stereocenters. The lowest BCUT2D eigenvalue weighted by Crippen LogP contribution is -2.36. The molecule has 156 valence electrons. The number of carbonyl (C=O) groups excluding carboxylic acids is 1. The van der Waals surface area contributed by atoms with Gasteiger partial charge in [0.25, 0.3) is 5.69 Å². The fraction of sp³-hybridized carbons (Fsp3) is 0.435. The van der Waals surface area contributed by atoms with Crippen molar-refractivity contribution in [3.05, 3.63) is 62.7 Å². The van der Waals surface area contributed by atoms with Crippen LogP contribution in [0.5, 0.6) is 0 Å². The van der Waals surface area contributed by atoms with E-state index in [1.54, 1.807) is 12.1 Å². The monoisotopic (exact) mass is 423 g/mol. The number of non-ortho nitro benzene ring substituents is 1. The Bertz CT molecular complexity index is 973. The number of nitro groups is 1. The van der Waals surface area contributed by atoms with Crippen molar-refractivity contribution in [1.82, 2.24) is 4.31 Å². The number of nitrogens with one attached hydrogen (secondary N) is 1. The first-order valence-electron chi connectivity index (χ1n) is 10.8. The zero-order valence-corrected chi connectivity index (χ0v) is 17.7. The first-order valence-corrected chi connectivity index (χ1v) is 11.5. The Hall–Kier alpha value is -2.38. The van der Waals surface area contributed by atoms with E-state index in [1.165, 1.54) is 59.2 Å². The van der Waals surface area contributed by atoms with Gasteiger partial charge in [0.05, 0.1) is 11.0 Å². The van der Waals surface area contributed by atoms with E-state index in [1.807, 2.05) is 0 Å². The highest BCUT2D eigenvalue weighted by Gasteiger charge is 2.33. The van der Waals surface area contributed by atoms with E-state index in [2.05, 4.69) is 15.7 Å². The van der Waals surface area contributed by atoms with Gasteiger partial charge in [-0.1, -0.05) is 6.07 Å². The van der Waals surface area contributed by atoms with Crippen LogP contribution in [0.2, 0.25) is 0 Å². The second-order valence-corrected chi connectivity index (χ2v) is 9.49. The number of amides is 1. The van der Waals surface area contributed by atoms with Crippen LogP contribution in [-0.4, -0.2) is 27.7 Å². The van der Waals surface area contributed by atoms with Crippen molar-refractivity contribution in [2.24, 2.45) is 0 Å². The zero-order chi connectivity index (χ0) is 20.7. The van der Waals surface area contributed by atoms with Gasteiger partial charge in [0.2, 0.25) is 5.91 Å². The topological polar surface area (TPSA) is 75.5 Å². The molecule has 1 amide bonds. The van der Waals surface area contributed by atoms with Crippen molar-refractivity contribution in [3.63, 3.8) is 0 Å². The Morgan fingerprint density at radius 3 is 2.33 bits per heavy atom. The normalized spacial score (nSPS) is 20.2. The number of benzene rings is 2. The van der Waals surface area contributed by atoms with Crippen LogP contribution < -0.4 is 5.32 Å². The maximum atomic E-state index is 13.3. The summed E-state index contributed by atoms with van der Waals surface area (Å²) >= 11 is 1.52. The molecule has 1 heterocycles. The number of hydrogen-bond donors (Lipinski definition) is 1. The third kappa shape index (κ3) is 3.61. The molecule has 0 radical (unpaired) electrons. The minimum absolute atomic E-state index is 0.0799. The van der Waals surface area contributed by atoms with Crippen LogP contribution in [0.1, 0.15) is 47.9 Å². The molecule has 2 aliphatic carbocycles. The van der Waals surface area contributed by atoms with Gasteiger partial charge in [-0.05, 0) is 97.7 Å². The highest BCUT2D eigenvalue weighted by Crippen LogP contribution is 2.39. The van der Waals surface area contributed by atoms with E-state index < -0.39 is 4.92 Å². The lowest BCUT2D eigenvalue weighted by molar-refractivity contribution is -0.384. The third-order valence-electron chi connectivity index (χ3n) is 6.50. The van der Waals surface area contributed by atoms with Crippen LogP contribution in [-0.2, 0) is 30.5 Å². The molecule has 6 nitrogen and oxygen atoms in total. The molecule has 1 atom stereocenters. The molecule has 0 spiro atoms. The SMILES string of the molecule is O=C(Nc1c2c(cc3c1CCC3)CCC2)C1CCCN1Sc1ccc([N+](=O)[O-])cc1. The molecule has 1 saturated heterocycles. The Labute approximate surface area is 180 Å². The molecule has 5 rings (SSSR count). The molecule has 30 heavy (non-hydrogen) atoms. The molecule has 1 N–H and O–H groups in total. The first-order chi connectivity index (χ1) is 14.6. The number of hydrogen-bond acceptors (Lipinski definition) is 5. The van der Waals surface area contributed by atoms with Gasteiger partial charge in [0.15, 0.2) is 0 Å². The molecule has 0 saturated carbocycles. The van der Waals surface area contributed by atoms with Crippen molar-refractivity contribution in [1.29, 1.82) is 0 Å². The molecule has 2 aromatic carbocycles. The number of aryl methyl sites for hydroxylation is 2. The average molecular weight is 424 g/mol. The van der Waals surface area contributed by atoms with Crippen LogP contribution in [0.4, 0.5) is 11.4 Å². The van der Waals surface area contributed by atoms with Crippen molar-refractivity contribution < 1.29 is 9.72 Å². The van der Waals surface area contributed by atoms with Crippen molar-refractivity contribution in [2.45, 2.75) is 62.3 Å². The number of anilines is 1. The van der Waals surface area contributed by atoms with Gasteiger partial charge >= 0.3 is 0 Å². The number of nitro benzene ring substituents is 1. The largest absolute Gasteiger partial charge is 0.324 e. The summed E-state index contributed by atoms with van der Waals surface area (Å²) in [5.41, 5.74) is 6.76. The third-order valence-corrected chi connectivity index (χ3v) is 7.65. The molecule has 2 aromatic rings. The Balaban J connectivity index is 1.33. The number of nitrogens with zero attached hydrogens (tertiary/aromatic N) is 2. The second kappa shape index (κ2) is 8.04. The van der Waals surface area contributed by atoms with Crippen LogP contribution in [0.3, 0.4) is 0 Å². The second-order valence-electron chi connectivity index (χ2n) is 8.36. The lowest BCUT2D eigenvalue weighted by atomic mass is 9.98. The molecule has 1 aliphatic heterocycles. The van der Waals surface area contributed by atoms with Crippen LogP contribution >= 0.6 is 11.9 Å². The van der Waals surface area contributed by atoms with E-state index in [-0.39, 0.29) is 17.6 Å². The zero-order valence-electron chi connectivity index (χ0n) is 16.9. The Kier molecular flexibility index (Phi) is 5.25. The minimum Gasteiger partial charge on any atom is -0.324 e. The first kappa shape index (κ1) is 19.6. The predicted octanol–water partition coefficient (Wildman–Crippen LogP) is 4.68. The van der Waals surface area contributed by atoms with E-state index in [4.69, 9.17) is 0 Å². The van der Waals surface area contributed by atoms with Gasteiger partial charge in [-0.2, -0.15) is 0 Å². The van der Waals surface area contributed by atoms with E-state index in [0.717, 1.165) is 55.7 Å². The summed E-state index contributed by atoms with van der Waals surface area (Å²) in [6.45, 7) is 0.838. The number of rotatable bonds is 5. The number of carbonyl (C=O) groups is 1. The van der Waals surface area contributed by atoms with Gasteiger partial charge in [0.1, 0.15) is 0 Å². The fourth-order valence-corrected chi connectivity index (χ4v) is 6.13. The van der Waals surface area contributed by atoms with Gasteiger partial charge in [-0.15, -0.1) is 0 Å². The van der Waals surface area contributed by atoms with Crippen molar-refractivity contribution >= 4 is 29.2 Å². The van der Waals surface area contributed by atoms with Crippen molar-refractivity contribution in [2.75, 3.05) is 11.9 Å². The highest BCUT2D eigenvalue weighted by atomic mass is 32.2. The van der Waals surface area contributed by atoms with Gasteiger partial charge < -0.3 is 5.32 Å². The molecule has 0 aromatic heterocycles. The van der Waals surface area contributed by atoms with E-state index in [0.29, 0.717) is 0 Å². The lowest BCUT2D eigenvalue weighted by Gasteiger charge is -2.24. The van der Waals surface area contributed by atoms with Crippen LogP contribution in [0, 0.1) is 10.1 Å². The van der Waals surface area contributed by atoms with Crippen LogP contribution in [0.15, 0.2) is 35.2 Å². The summed E-state index contributed by atoms with van der Waals surface area (Å²) < 4.78 is 2.12. The fourth-order valence-electron chi connectivity index (χ4n) is 5.05. The van der Waals surface area contributed by atoms with Gasteiger partial charge in [0, 0.05) is 29.3 Å². The van der Waals surface area contributed by atoms with E-state index >= 15 is 0 Å². The summed E-state index contributed by atoms with van der Waals surface area (Å²) in [6.07, 6.45) is 8.52. The Morgan fingerprint density at radius 1 is 1.03 bits per heavy atom. The number of fused-ring (bicyclic) bond motifs is 2. The maximum Gasteiger partial charge on any atom is 0.269 e. The van der Waals surface area contributed by atoms with E-state index in [9.17, 15) is 14.9 Å². The van der Waals surface area contributed by atoms with Crippen LogP contribution in [0.25, 0.3) is 0 Å². The average Bonchev–Trinajstić information content (AvgIpc) is 3.48. The summed E-state index contributed by atoms with van der Waals surface area (Å²) in [5, 5.41) is 14.2. The molecule has 3 aliphatic rings. The highest BCUT2D eigenvalue weighted by molar-refractivity contribution is 7.97. The predicted molar refractivity (Wildman–Crippen MR) is 118 cm³/mol. The minimum atomic E-state index is -0.392. The maximum absolute atomic E-state index is 13.3. The molecular formula is C23H25N3O3S. The van der Waals surface area contributed by atoms with Gasteiger partial charge in [-0.25, -0.2) is 4.31 Å². The smallest absolute Gasteiger partial charge is 0.269 e. The molecular weight excluding hydrogens is 398 g/mol. The quantitative estimate of drug-likeness (QED) is 0.429. The standard InChI is InChI=1S/C23H25N3O3S/c27-23(24-22-19-6-1-4-15(19)14-16-5-2-7-20(16)22)21-8-3-13-25(21)30-18-11-9-17(10-12-18)26(28)29/h9-12,14,21H,1-8,13H2,(H,24,27). The summed E-state index contributed by atoms with van der Waals surface area (Å²) in [4.78, 5) is 24.7. The van der Waals surface area contributed by atoms with Gasteiger partial charge in [-0.3, -0.25) is 14.9 Å². The molecule has 1 fully saturated rings. The Morgan fingerprint density at radius 2 is 1.70 bits per heavy atom. The molecule has 0 bridgehead atoms. The summed E-state index contributed by atoms with van der Waals surface area (Å²) in [5.74, 6) is 0.0799. The van der Waals surface area contributed by atoms with Crippen molar-refractivity contribution in [3.8, 4) is 0 Å². The molecule has 7 heteroatoms.